The summed E-state index contributed by atoms with van der Waals surface area (Å²) in [6.45, 7) is 2.46. The van der Waals surface area contributed by atoms with Gasteiger partial charge in [-0.2, -0.15) is 0 Å². The first-order chi connectivity index (χ1) is 13.2. The van der Waals surface area contributed by atoms with E-state index < -0.39 is 24.4 Å². The van der Waals surface area contributed by atoms with Crippen LogP contribution in [0.1, 0.15) is 84.0 Å². The van der Waals surface area contributed by atoms with Crippen molar-refractivity contribution in [2.75, 3.05) is 19.8 Å². The molecule has 27 heavy (non-hydrogen) atoms. The summed E-state index contributed by atoms with van der Waals surface area (Å²) in [5.41, 5.74) is 0. The van der Waals surface area contributed by atoms with Crippen LogP contribution in [0.3, 0.4) is 0 Å². The highest BCUT2D eigenvalue weighted by Gasteiger charge is 2.38. The van der Waals surface area contributed by atoms with Crippen molar-refractivity contribution in [2.45, 2.75) is 108 Å². The highest BCUT2D eigenvalue weighted by molar-refractivity contribution is 4.87. The van der Waals surface area contributed by atoms with Gasteiger partial charge in [0, 0.05) is 6.61 Å². The molecule has 1 fully saturated rings. The van der Waals surface area contributed by atoms with E-state index in [1.807, 2.05) is 0 Å². The standard InChI is InChI=1S/C22H42O5/c1-2-3-4-5-6-7-8-9-10-11-12-13-14-15-16-26-22-19(24)18-27-20(17-23)21(22)25/h2-3,19-25H,4-18H2,1H3/b3-2+/t19-,20+,21+,22+/m0/s1. The molecule has 0 spiro atoms. The fraction of sp³-hybridized carbons (Fsp3) is 0.909. The summed E-state index contributed by atoms with van der Waals surface area (Å²) in [5, 5.41) is 29.1. The summed E-state index contributed by atoms with van der Waals surface area (Å²) in [6.07, 6.45) is 16.5. The second kappa shape index (κ2) is 16.5. The molecule has 0 unspecified atom stereocenters. The Labute approximate surface area is 165 Å². The Hall–Kier alpha value is -0.460. The molecular formula is C22H42O5. The third-order valence-corrected chi connectivity index (χ3v) is 5.32. The number of aliphatic hydroxyl groups is 3. The van der Waals surface area contributed by atoms with Crippen molar-refractivity contribution in [3.63, 3.8) is 0 Å². The number of hydrogen-bond donors (Lipinski definition) is 3. The molecule has 0 aromatic heterocycles. The molecule has 4 atom stereocenters. The lowest BCUT2D eigenvalue weighted by Crippen LogP contribution is -2.55. The zero-order chi connectivity index (χ0) is 19.7. The third-order valence-electron chi connectivity index (χ3n) is 5.32. The van der Waals surface area contributed by atoms with Crippen LogP contribution in [0.2, 0.25) is 0 Å². The predicted octanol–water partition coefficient (Wildman–Crippen LogP) is 3.74. The normalized spacial score (nSPS) is 26.1. The summed E-state index contributed by atoms with van der Waals surface area (Å²) in [6, 6.07) is 0. The molecule has 0 radical (unpaired) electrons. The fourth-order valence-corrected chi connectivity index (χ4v) is 3.57. The van der Waals surface area contributed by atoms with Crippen molar-refractivity contribution in [1.29, 1.82) is 0 Å². The van der Waals surface area contributed by atoms with Crippen LogP contribution in [0, 0.1) is 0 Å². The lowest BCUT2D eigenvalue weighted by atomic mass is 10.0. The largest absolute Gasteiger partial charge is 0.394 e. The first kappa shape index (κ1) is 24.6. The average Bonchev–Trinajstić information content (AvgIpc) is 2.67. The van der Waals surface area contributed by atoms with Gasteiger partial charge in [-0.25, -0.2) is 0 Å². The van der Waals surface area contributed by atoms with Crippen molar-refractivity contribution in [2.24, 2.45) is 0 Å². The number of hydrogen-bond acceptors (Lipinski definition) is 5. The third kappa shape index (κ3) is 11.2. The number of allylic oxidation sites excluding steroid dienone is 2. The molecular weight excluding hydrogens is 344 g/mol. The number of unbranched alkanes of at least 4 members (excludes halogenated alkanes) is 11. The second-order valence-electron chi connectivity index (χ2n) is 7.69. The Kier molecular flexibility index (Phi) is 15.0. The van der Waals surface area contributed by atoms with Gasteiger partial charge in [-0.1, -0.05) is 69.9 Å². The number of rotatable bonds is 16. The first-order valence-electron chi connectivity index (χ1n) is 11.0. The molecule has 0 amide bonds. The monoisotopic (exact) mass is 386 g/mol. The number of ether oxygens (including phenoxy) is 2. The lowest BCUT2D eigenvalue weighted by molar-refractivity contribution is -0.210. The van der Waals surface area contributed by atoms with Gasteiger partial charge in [0.2, 0.25) is 0 Å². The van der Waals surface area contributed by atoms with Gasteiger partial charge in [-0.3, -0.25) is 0 Å². The van der Waals surface area contributed by atoms with Gasteiger partial charge in [0.1, 0.15) is 24.4 Å². The van der Waals surface area contributed by atoms with Crippen LogP contribution in [0.15, 0.2) is 12.2 Å². The highest BCUT2D eigenvalue weighted by Crippen LogP contribution is 2.19. The van der Waals surface area contributed by atoms with Crippen molar-refractivity contribution >= 4 is 0 Å². The Bertz CT molecular complexity index is 361. The maximum Gasteiger partial charge on any atom is 0.114 e. The van der Waals surface area contributed by atoms with Crippen LogP contribution in [0.25, 0.3) is 0 Å². The Morgan fingerprint density at radius 1 is 0.889 bits per heavy atom. The minimum Gasteiger partial charge on any atom is -0.394 e. The lowest BCUT2D eigenvalue weighted by Gasteiger charge is -2.37. The molecule has 0 saturated carbocycles. The van der Waals surface area contributed by atoms with Gasteiger partial charge in [-0.05, 0) is 26.2 Å². The van der Waals surface area contributed by atoms with E-state index in [0.29, 0.717) is 6.61 Å². The molecule has 0 aromatic carbocycles. The van der Waals surface area contributed by atoms with Crippen molar-refractivity contribution in [1.82, 2.24) is 0 Å². The van der Waals surface area contributed by atoms with Crippen LogP contribution in [-0.4, -0.2) is 59.6 Å². The Balaban J connectivity index is 1.87. The van der Waals surface area contributed by atoms with Gasteiger partial charge in [-0.15, -0.1) is 0 Å². The summed E-state index contributed by atoms with van der Waals surface area (Å²) >= 11 is 0. The van der Waals surface area contributed by atoms with Crippen molar-refractivity contribution in [3.05, 3.63) is 12.2 Å². The van der Waals surface area contributed by atoms with E-state index in [1.54, 1.807) is 0 Å². The van der Waals surface area contributed by atoms with Gasteiger partial charge >= 0.3 is 0 Å². The molecule has 1 saturated heterocycles. The quantitative estimate of drug-likeness (QED) is 0.278. The predicted molar refractivity (Wildman–Crippen MR) is 109 cm³/mol. The smallest absolute Gasteiger partial charge is 0.114 e. The number of aliphatic hydroxyl groups excluding tert-OH is 3. The highest BCUT2D eigenvalue weighted by atomic mass is 16.6. The molecule has 0 aliphatic carbocycles. The van der Waals surface area contributed by atoms with Crippen LogP contribution in [-0.2, 0) is 9.47 Å². The van der Waals surface area contributed by atoms with Gasteiger partial charge in [0.15, 0.2) is 0 Å². The summed E-state index contributed by atoms with van der Waals surface area (Å²) < 4.78 is 10.8. The second-order valence-corrected chi connectivity index (χ2v) is 7.69. The van der Waals surface area contributed by atoms with E-state index in [2.05, 4.69) is 19.1 Å². The maximum absolute atomic E-state index is 10.0. The Morgan fingerprint density at radius 3 is 2.00 bits per heavy atom. The minimum atomic E-state index is -0.971. The summed E-state index contributed by atoms with van der Waals surface area (Å²) in [4.78, 5) is 0. The molecule has 0 aromatic rings. The van der Waals surface area contributed by atoms with Gasteiger partial charge in [0.05, 0.1) is 13.2 Å². The minimum absolute atomic E-state index is 0.0999. The zero-order valence-electron chi connectivity index (χ0n) is 17.2. The molecule has 3 N–H and O–H groups in total. The SMILES string of the molecule is C/C=C/CCCCCCCCCCCCCO[C@H]1[C@H](O)[C@@H](CO)OC[C@@H]1O. The van der Waals surface area contributed by atoms with Gasteiger partial charge < -0.3 is 24.8 Å². The average molecular weight is 387 g/mol. The van der Waals surface area contributed by atoms with Gasteiger partial charge in [0.25, 0.3) is 0 Å². The van der Waals surface area contributed by atoms with Crippen molar-refractivity contribution in [3.8, 4) is 0 Å². The molecule has 1 heterocycles. The van der Waals surface area contributed by atoms with Crippen LogP contribution >= 0.6 is 0 Å². The molecule has 1 rings (SSSR count). The van der Waals surface area contributed by atoms with E-state index >= 15 is 0 Å². The molecule has 5 heteroatoms. The molecule has 5 nitrogen and oxygen atoms in total. The van der Waals surface area contributed by atoms with E-state index in [-0.39, 0.29) is 13.2 Å². The molecule has 1 aliphatic heterocycles. The van der Waals surface area contributed by atoms with E-state index in [9.17, 15) is 10.2 Å². The van der Waals surface area contributed by atoms with E-state index in [0.717, 1.165) is 12.8 Å². The molecule has 160 valence electrons. The van der Waals surface area contributed by atoms with E-state index in [1.165, 1.54) is 64.2 Å². The van der Waals surface area contributed by atoms with Crippen LogP contribution < -0.4 is 0 Å². The van der Waals surface area contributed by atoms with Crippen molar-refractivity contribution < 1.29 is 24.8 Å². The molecule has 1 aliphatic rings. The van der Waals surface area contributed by atoms with E-state index in [4.69, 9.17) is 14.6 Å². The summed E-state index contributed by atoms with van der Waals surface area (Å²) in [7, 11) is 0. The Morgan fingerprint density at radius 2 is 1.44 bits per heavy atom. The topological polar surface area (TPSA) is 79.2 Å². The zero-order valence-corrected chi connectivity index (χ0v) is 17.2. The maximum atomic E-state index is 10.0. The first-order valence-corrected chi connectivity index (χ1v) is 11.0. The molecule has 0 bridgehead atoms. The van der Waals surface area contributed by atoms with Crippen LogP contribution in [0.4, 0.5) is 0 Å². The van der Waals surface area contributed by atoms with Crippen LogP contribution in [0.5, 0.6) is 0 Å². The fourth-order valence-electron chi connectivity index (χ4n) is 3.57. The summed E-state index contributed by atoms with van der Waals surface area (Å²) in [5.74, 6) is 0.